The molecule has 0 aliphatic heterocycles. The lowest BCUT2D eigenvalue weighted by Crippen LogP contribution is -2.15. The first-order valence-electron chi connectivity index (χ1n) is 6.37. The van der Waals surface area contributed by atoms with E-state index in [1.165, 1.54) is 18.2 Å². The predicted octanol–water partition coefficient (Wildman–Crippen LogP) is 1.69. The molecular weight excluding hydrogens is 272 g/mol. The average Bonchev–Trinajstić information content (AvgIpc) is 2.48. The molecule has 0 aliphatic rings. The van der Waals surface area contributed by atoms with Crippen LogP contribution in [0.4, 0.5) is 5.69 Å². The van der Waals surface area contributed by atoms with Gasteiger partial charge in [-0.1, -0.05) is 12.1 Å². The van der Waals surface area contributed by atoms with Crippen molar-refractivity contribution in [2.24, 2.45) is 5.73 Å². The van der Waals surface area contributed by atoms with Crippen LogP contribution < -0.4 is 15.8 Å². The summed E-state index contributed by atoms with van der Waals surface area (Å²) in [6.07, 6.45) is 0. The number of carbonyl (C=O) groups is 1. The number of hydrogen-bond acceptors (Lipinski definition) is 5. The van der Waals surface area contributed by atoms with Crippen molar-refractivity contribution in [3.63, 3.8) is 0 Å². The molecule has 0 radical (unpaired) electrons. The van der Waals surface area contributed by atoms with Crippen LogP contribution in [0.1, 0.15) is 10.4 Å². The molecular formula is C15H16N2O4. The number of anilines is 1. The Labute approximate surface area is 121 Å². The summed E-state index contributed by atoms with van der Waals surface area (Å²) in [7, 11) is 0. The van der Waals surface area contributed by atoms with E-state index in [4.69, 9.17) is 10.5 Å². The maximum Gasteiger partial charge on any atom is 0.259 e. The van der Waals surface area contributed by atoms with Gasteiger partial charge in [0.2, 0.25) is 0 Å². The number of carbonyl (C=O) groups excluding carboxylic acids is 1. The minimum absolute atomic E-state index is 0.0244. The van der Waals surface area contributed by atoms with E-state index in [1.54, 1.807) is 24.3 Å². The Morgan fingerprint density at radius 3 is 2.71 bits per heavy atom. The molecule has 0 aliphatic carbocycles. The van der Waals surface area contributed by atoms with E-state index in [1.807, 2.05) is 0 Å². The van der Waals surface area contributed by atoms with Gasteiger partial charge < -0.3 is 26.0 Å². The number of nitrogens with one attached hydrogen (secondary N) is 1. The van der Waals surface area contributed by atoms with Crippen molar-refractivity contribution >= 4 is 11.6 Å². The fourth-order valence-corrected chi connectivity index (χ4v) is 1.76. The molecule has 1 amide bonds. The lowest BCUT2D eigenvalue weighted by Gasteiger charge is -2.12. The van der Waals surface area contributed by atoms with Gasteiger partial charge in [0.15, 0.2) is 0 Å². The maximum absolute atomic E-state index is 12.2. The number of para-hydroxylation sites is 2. The van der Waals surface area contributed by atoms with E-state index in [-0.39, 0.29) is 17.1 Å². The Balaban J connectivity index is 2.21. The second-order valence-electron chi connectivity index (χ2n) is 4.29. The molecule has 0 saturated carbocycles. The molecule has 21 heavy (non-hydrogen) atoms. The third kappa shape index (κ3) is 3.64. The minimum atomic E-state index is -0.549. The summed E-state index contributed by atoms with van der Waals surface area (Å²) in [5, 5.41) is 21.7. The Kier molecular flexibility index (Phi) is 4.63. The summed E-state index contributed by atoms with van der Waals surface area (Å²) in [6.45, 7) is 0.680. The van der Waals surface area contributed by atoms with Crippen molar-refractivity contribution in [1.82, 2.24) is 0 Å². The largest absolute Gasteiger partial charge is 0.508 e. The first-order chi connectivity index (χ1) is 10.1. The zero-order chi connectivity index (χ0) is 15.2. The van der Waals surface area contributed by atoms with Crippen LogP contribution >= 0.6 is 0 Å². The molecule has 0 aromatic heterocycles. The van der Waals surface area contributed by atoms with Crippen LogP contribution in [0.3, 0.4) is 0 Å². The minimum Gasteiger partial charge on any atom is -0.508 e. The second-order valence-corrected chi connectivity index (χ2v) is 4.29. The van der Waals surface area contributed by atoms with Crippen LogP contribution in [0.25, 0.3) is 0 Å². The smallest absolute Gasteiger partial charge is 0.259 e. The van der Waals surface area contributed by atoms with Gasteiger partial charge >= 0.3 is 0 Å². The molecule has 0 spiro atoms. The molecule has 6 heteroatoms. The van der Waals surface area contributed by atoms with Crippen molar-refractivity contribution in [3.8, 4) is 17.2 Å². The summed E-state index contributed by atoms with van der Waals surface area (Å²) in [4.78, 5) is 12.2. The Hall–Kier alpha value is -2.73. The molecule has 2 rings (SSSR count). The zero-order valence-electron chi connectivity index (χ0n) is 11.2. The van der Waals surface area contributed by atoms with Crippen LogP contribution in [-0.2, 0) is 0 Å². The van der Waals surface area contributed by atoms with Gasteiger partial charge in [-0.3, -0.25) is 4.79 Å². The number of phenols is 2. The van der Waals surface area contributed by atoms with Crippen molar-refractivity contribution in [2.45, 2.75) is 0 Å². The number of ether oxygens (including phenoxy) is 1. The molecule has 0 unspecified atom stereocenters. The molecule has 2 aromatic carbocycles. The van der Waals surface area contributed by atoms with Gasteiger partial charge in [-0.05, 0) is 30.3 Å². The van der Waals surface area contributed by atoms with Gasteiger partial charge in [0.1, 0.15) is 23.9 Å². The van der Waals surface area contributed by atoms with Crippen LogP contribution in [0.15, 0.2) is 42.5 Å². The van der Waals surface area contributed by atoms with E-state index < -0.39 is 5.91 Å². The van der Waals surface area contributed by atoms with Gasteiger partial charge in [0.05, 0.1) is 11.3 Å². The highest BCUT2D eigenvalue weighted by Gasteiger charge is 2.14. The summed E-state index contributed by atoms with van der Waals surface area (Å²) < 4.78 is 5.43. The van der Waals surface area contributed by atoms with Crippen LogP contribution in [0.2, 0.25) is 0 Å². The normalized spacial score (nSPS) is 10.1. The molecule has 0 fully saturated rings. The average molecular weight is 288 g/mol. The first kappa shape index (κ1) is 14.7. The van der Waals surface area contributed by atoms with E-state index >= 15 is 0 Å². The van der Waals surface area contributed by atoms with E-state index in [0.29, 0.717) is 24.6 Å². The molecule has 0 saturated heterocycles. The topological polar surface area (TPSA) is 105 Å². The number of benzene rings is 2. The molecule has 2 aromatic rings. The second kappa shape index (κ2) is 6.62. The maximum atomic E-state index is 12.2. The van der Waals surface area contributed by atoms with Gasteiger partial charge in [-0.15, -0.1) is 0 Å². The lowest BCUT2D eigenvalue weighted by atomic mass is 10.1. The molecule has 6 nitrogen and oxygen atoms in total. The summed E-state index contributed by atoms with van der Waals surface area (Å²) in [5.41, 5.74) is 5.81. The fraction of sp³-hybridized carbons (Fsp3) is 0.133. The van der Waals surface area contributed by atoms with Gasteiger partial charge in [-0.25, -0.2) is 0 Å². The van der Waals surface area contributed by atoms with Crippen molar-refractivity contribution < 1.29 is 19.7 Å². The van der Waals surface area contributed by atoms with Crippen molar-refractivity contribution in [1.29, 1.82) is 0 Å². The van der Waals surface area contributed by atoms with E-state index in [2.05, 4.69) is 5.32 Å². The molecule has 0 atom stereocenters. The lowest BCUT2D eigenvalue weighted by molar-refractivity contribution is 0.102. The number of rotatable bonds is 5. The van der Waals surface area contributed by atoms with E-state index in [0.717, 1.165) is 0 Å². The monoisotopic (exact) mass is 288 g/mol. The van der Waals surface area contributed by atoms with E-state index in [9.17, 15) is 15.0 Å². The first-order valence-corrected chi connectivity index (χ1v) is 6.37. The number of nitrogens with two attached hydrogens (primary N) is 1. The predicted molar refractivity (Wildman–Crippen MR) is 78.7 cm³/mol. The number of amides is 1. The molecule has 5 N–H and O–H groups in total. The number of phenolic OH excluding ortho intramolecular Hbond substituents is 2. The molecule has 0 heterocycles. The van der Waals surface area contributed by atoms with Crippen LogP contribution in [-0.4, -0.2) is 29.3 Å². The van der Waals surface area contributed by atoms with Crippen LogP contribution in [0.5, 0.6) is 17.2 Å². The molecule has 0 bridgehead atoms. The third-order valence-electron chi connectivity index (χ3n) is 2.74. The Bertz CT molecular complexity index is 643. The standard InChI is InChI=1S/C15H16N2O4/c16-7-8-21-14-4-2-1-3-12(14)17-15(20)11-9-10(18)5-6-13(11)19/h1-6,9,18-19H,7-8,16H2,(H,17,20). The zero-order valence-corrected chi connectivity index (χ0v) is 11.2. The number of hydrogen-bond donors (Lipinski definition) is 4. The highest BCUT2D eigenvalue weighted by atomic mass is 16.5. The Morgan fingerprint density at radius 1 is 1.19 bits per heavy atom. The number of aromatic hydroxyl groups is 2. The van der Waals surface area contributed by atoms with Crippen molar-refractivity contribution in [3.05, 3.63) is 48.0 Å². The highest BCUT2D eigenvalue weighted by Crippen LogP contribution is 2.27. The third-order valence-corrected chi connectivity index (χ3v) is 2.74. The van der Waals surface area contributed by atoms with Gasteiger partial charge in [-0.2, -0.15) is 0 Å². The molecule has 110 valence electrons. The quantitative estimate of drug-likeness (QED) is 0.627. The Morgan fingerprint density at radius 2 is 1.95 bits per heavy atom. The summed E-state index contributed by atoms with van der Waals surface area (Å²) >= 11 is 0. The van der Waals surface area contributed by atoms with Crippen molar-refractivity contribution in [2.75, 3.05) is 18.5 Å². The SMILES string of the molecule is NCCOc1ccccc1NC(=O)c1cc(O)ccc1O. The summed E-state index contributed by atoms with van der Waals surface area (Å²) in [5.74, 6) is -0.389. The van der Waals surface area contributed by atoms with Gasteiger partial charge in [0, 0.05) is 6.54 Å². The fourth-order valence-electron chi connectivity index (χ4n) is 1.76. The highest BCUT2D eigenvalue weighted by molar-refractivity contribution is 6.07. The van der Waals surface area contributed by atoms with Crippen LogP contribution in [0, 0.1) is 0 Å². The summed E-state index contributed by atoms with van der Waals surface area (Å²) in [6, 6.07) is 10.6. The van der Waals surface area contributed by atoms with Gasteiger partial charge in [0.25, 0.3) is 5.91 Å².